The van der Waals surface area contributed by atoms with E-state index in [1.165, 1.54) is 5.56 Å². The van der Waals surface area contributed by atoms with Crippen LogP contribution in [0, 0.1) is 0 Å². The summed E-state index contributed by atoms with van der Waals surface area (Å²) in [6, 6.07) is 19.8. The standard InChI is InChI=1S/C20H21N3O/c1-23-15-14-21-20(23)19(17-10-6-3-7-11-17)22-18(24)13-12-16-8-4-2-5-9-16/h2-11,14-15,19H,12-13H2,1H3,(H,22,24). The van der Waals surface area contributed by atoms with Crippen molar-refractivity contribution in [3.05, 3.63) is 90.0 Å². The predicted molar refractivity (Wildman–Crippen MR) is 94.4 cm³/mol. The van der Waals surface area contributed by atoms with Gasteiger partial charge in [-0.05, 0) is 17.5 Å². The zero-order valence-electron chi connectivity index (χ0n) is 13.7. The van der Waals surface area contributed by atoms with Crippen LogP contribution in [-0.4, -0.2) is 15.5 Å². The van der Waals surface area contributed by atoms with E-state index in [-0.39, 0.29) is 11.9 Å². The number of rotatable bonds is 6. The Morgan fingerprint density at radius 3 is 2.38 bits per heavy atom. The lowest BCUT2D eigenvalue weighted by Crippen LogP contribution is -2.31. The fourth-order valence-corrected chi connectivity index (χ4v) is 2.73. The van der Waals surface area contributed by atoms with Gasteiger partial charge in [0.05, 0.1) is 0 Å². The molecule has 0 aliphatic carbocycles. The average molecular weight is 319 g/mol. The second-order valence-corrected chi connectivity index (χ2v) is 5.79. The zero-order chi connectivity index (χ0) is 16.8. The number of hydrogen-bond acceptors (Lipinski definition) is 2. The Morgan fingerprint density at radius 1 is 1.08 bits per heavy atom. The normalized spacial score (nSPS) is 11.9. The molecule has 0 spiro atoms. The van der Waals surface area contributed by atoms with E-state index in [0.29, 0.717) is 6.42 Å². The van der Waals surface area contributed by atoms with Gasteiger partial charge in [-0.25, -0.2) is 4.98 Å². The van der Waals surface area contributed by atoms with Gasteiger partial charge in [-0.2, -0.15) is 0 Å². The second-order valence-electron chi connectivity index (χ2n) is 5.79. The molecular weight excluding hydrogens is 298 g/mol. The van der Waals surface area contributed by atoms with Crippen LogP contribution in [0.5, 0.6) is 0 Å². The van der Waals surface area contributed by atoms with Gasteiger partial charge < -0.3 is 9.88 Å². The lowest BCUT2D eigenvalue weighted by Gasteiger charge is -2.19. The SMILES string of the molecule is Cn1ccnc1C(NC(=O)CCc1ccccc1)c1ccccc1. The number of nitrogens with zero attached hydrogens (tertiary/aromatic N) is 2. The van der Waals surface area contributed by atoms with Crippen LogP contribution >= 0.6 is 0 Å². The fraction of sp³-hybridized carbons (Fsp3) is 0.200. The number of carbonyl (C=O) groups is 1. The maximum atomic E-state index is 12.5. The van der Waals surface area contributed by atoms with Crippen molar-refractivity contribution in [3.63, 3.8) is 0 Å². The number of imidazole rings is 1. The highest BCUT2D eigenvalue weighted by Gasteiger charge is 2.20. The highest BCUT2D eigenvalue weighted by atomic mass is 16.1. The topological polar surface area (TPSA) is 46.9 Å². The van der Waals surface area contributed by atoms with E-state index >= 15 is 0 Å². The van der Waals surface area contributed by atoms with Crippen molar-refractivity contribution in [2.24, 2.45) is 7.05 Å². The highest BCUT2D eigenvalue weighted by molar-refractivity contribution is 5.77. The van der Waals surface area contributed by atoms with Crippen LogP contribution in [0.25, 0.3) is 0 Å². The number of nitrogens with one attached hydrogen (secondary N) is 1. The summed E-state index contributed by atoms with van der Waals surface area (Å²) in [7, 11) is 1.94. The molecule has 1 heterocycles. The number of amides is 1. The third-order valence-corrected chi connectivity index (χ3v) is 4.04. The van der Waals surface area contributed by atoms with Crippen molar-refractivity contribution in [1.82, 2.24) is 14.9 Å². The molecule has 3 rings (SSSR count). The molecule has 0 bridgehead atoms. The van der Waals surface area contributed by atoms with Gasteiger partial charge in [-0.15, -0.1) is 0 Å². The van der Waals surface area contributed by atoms with Gasteiger partial charge in [0, 0.05) is 25.9 Å². The van der Waals surface area contributed by atoms with Crippen molar-refractivity contribution >= 4 is 5.91 Å². The van der Waals surface area contributed by atoms with Crippen LogP contribution in [0.4, 0.5) is 0 Å². The predicted octanol–water partition coefficient (Wildman–Crippen LogP) is 3.26. The molecule has 1 unspecified atom stereocenters. The smallest absolute Gasteiger partial charge is 0.221 e. The molecule has 0 aliphatic heterocycles. The van der Waals surface area contributed by atoms with E-state index in [1.54, 1.807) is 6.20 Å². The van der Waals surface area contributed by atoms with E-state index in [2.05, 4.69) is 10.3 Å². The third-order valence-electron chi connectivity index (χ3n) is 4.04. The highest BCUT2D eigenvalue weighted by Crippen LogP contribution is 2.20. The minimum Gasteiger partial charge on any atom is -0.342 e. The molecule has 0 fully saturated rings. The number of carbonyl (C=O) groups excluding carboxylic acids is 1. The fourth-order valence-electron chi connectivity index (χ4n) is 2.73. The molecule has 1 amide bonds. The molecule has 0 saturated heterocycles. The Labute approximate surface area is 142 Å². The minimum absolute atomic E-state index is 0.0238. The third kappa shape index (κ3) is 3.90. The van der Waals surface area contributed by atoms with Crippen LogP contribution in [0.2, 0.25) is 0 Å². The van der Waals surface area contributed by atoms with Gasteiger partial charge >= 0.3 is 0 Å². The summed E-state index contributed by atoms with van der Waals surface area (Å²) < 4.78 is 1.94. The van der Waals surface area contributed by atoms with Crippen molar-refractivity contribution in [2.75, 3.05) is 0 Å². The molecule has 3 aromatic rings. The maximum absolute atomic E-state index is 12.5. The molecule has 2 aromatic carbocycles. The van der Waals surface area contributed by atoms with Crippen LogP contribution in [0.15, 0.2) is 73.1 Å². The Hall–Kier alpha value is -2.88. The van der Waals surface area contributed by atoms with Crippen molar-refractivity contribution in [3.8, 4) is 0 Å². The molecule has 1 atom stereocenters. The molecule has 4 heteroatoms. The quantitative estimate of drug-likeness (QED) is 0.758. The van der Waals surface area contributed by atoms with Gasteiger partial charge in [0.2, 0.25) is 5.91 Å². The molecule has 0 aliphatic rings. The summed E-state index contributed by atoms with van der Waals surface area (Å²) >= 11 is 0. The molecule has 24 heavy (non-hydrogen) atoms. The maximum Gasteiger partial charge on any atom is 0.221 e. The van der Waals surface area contributed by atoms with Gasteiger partial charge in [0.1, 0.15) is 11.9 Å². The molecule has 0 saturated carbocycles. The van der Waals surface area contributed by atoms with Crippen LogP contribution < -0.4 is 5.32 Å². The average Bonchev–Trinajstić information content (AvgIpc) is 3.05. The molecule has 122 valence electrons. The molecular formula is C20H21N3O. The summed E-state index contributed by atoms with van der Waals surface area (Å²) in [4.78, 5) is 16.9. The largest absolute Gasteiger partial charge is 0.342 e. The van der Waals surface area contributed by atoms with Crippen LogP contribution in [-0.2, 0) is 18.3 Å². The first-order chi connectivity index (χ1) is 11.7. The van der Waals surface area contributed by atoms with Gasteiger partial charge in [-0.1, -0.05) is 60.7 Å². The Bertz CT molecular complexity index is 781. The molecule has 0 radical (unpaired) electrons. The minimum atomic E-state index is -0.241. The van der Waals surface area contributed by atoms with Crippen LogP contribution in [0.3, 0.4) is 0 Å². The molecule has 1 aromatic heterocycles. The zero-order valence-corrected chi connectivity index (χ0v) is 13.7. The van der Waals surface area contributed by atoms with Gasteiger partial charge in [-0.3, -0.25) is 4.79 Å². The lowest BCUT2D eigenvalue weighted by molar-refractivity contribution is -0.121. The number of benzene rings is 2. The molecule has 1 N–H and O–H groups in total. The van der Waals surface area contributed by atoms with E-state index in [9.17, 15) is 4.79 Å². The van der Waals surface area contributed by atoms with Gasteiger partial charge in [0.25, 0.3) is 0 Å². The monoisotopic (exact) mass is 319 g/mol. The Kier molecular flexibility index (Phi) is 5.06. The van der Waals surface area contributed by atoms with E-state index < -0.39 is 0 Å². The lowest BCUT2D eigenvalue weighted by atomic mass is 10.1. The second kappa shape index (κ2) is 7.59. The summed E-state index contributed by atoms with van der Waals surface area (Å²) in [5.41, 5.74) is 2.20. The van der Waals surface area contributed by atoms with Crippen molar-refractivity contribution in [2.45, 2.75) is 18.9 Å². The summed E-state index contributed by atoms with van der Waals surface area (Å²) in [5, 5.41) is 3.12. The van der Waals surface area contributed by atoms with E-state index in [4.69, 9.17) is 0 Å². The number of aryl methyl sites for hydroxylation is 2. The summed E-state index contributed by atoms with van der Waals surface area (Å²) in [6.45, 7) is 0. The Balaban J connectivity index is 1.72. The number of aromatic nitrogens is 2. The van der Waals surface area contributed by atoms with Crippen molar-refractivity contribution in [1.29, 1.82) is 0 Å². The number of hydrogen-bond donors (Lipinski definition) is 1. The Morgan fingerprint density at radius 2 is 1.75 bits per heavy atom. The first-order valence-corrected chi connectivity index (χ1v) is 8.09. The first-order valence-electron chi connectivity index (χ1n) is 8.09. The molecule has 4 nitrogen and oxygen atoms in total. The van der Waals surface area contributed by atoms with Crippen molar-refractivity contribution < 1.29 is 4.79 Å². The van der Waals surface area contributed by atoms with Gasteiger partial charge in [0.15, 0.2) is 0 Å². The van der Waals surface area contributed by atoms with E-state index in [0.717, 1.165) is 17.8 Å². The summed E-state index contributed by atoms with van der Waals surface area (Å²) in [6.07, 6.45) is 4.83. The van der Waals surface area contributed by atoms with Crippen LogP contribution in [0.1, 0.15) is 29.4 Å². The summed E-state index contributed by atoms with van der Waals surface area (Å²) in [5.74, 6) is 0.852. The van der Waals surface area contributed by atoms with E-state index in [1.807, 2.05) is 78.5 Å². The first kappa shape index (κ1) is 16.0.